The molecule has 0 spiro atoms. The van der Waals surface area contributed by atoms with Crippen LogP contribution in [0.25, 0.3) is 16.6 Å². The van der Waals surface area contributed by atoms with E-state index in [1.807, 2.05) is 6.92 Å². The molecule has 0 fully saturated rings. The van der Waals surface area contributed by atoms with Gasteiger partial charge in [0.1, 0.15) is 11.3 Å². The fourth-order valence-corrected chi connectivity index (χ4v) is 2.87. The molecule has 0 amide bonds. The molecule has 0 unspecified atom stereocenters. The summed E-state index contributed by atoms with van der Waals surface area (Å²) in [6.45, 7) is 2.00. The molecule has 0 N–H and O–H groups in total. The van der Waals surface area contributed by atoms with E-state index in [0.717, 1.165) is 17.4 Å². The van der Waals surface area contributed by atoms with Gasteiger partial charge in [-0.05, 0) is 30.2 Å². The molecule has 0 saturated carbocycles. The highest BCUT2D eigenvalue weighted by atomic mass is 19.4. The van der Waals surface area contributed by atoms with Crippen molar-refractivity contribution in [2.75, 3.05) is 0 Å². The standard InChI is InChI=1S/C18H13F3N4O3/c1-2-3-10-8-16(26)28-13-9-11(4-5-12(10)13)27-15-7-6-14-22-23-17(18(19,20)21)25(14)24-15/h4-9H,2-3H2,1H3. The van der Waals surface area contributed by atoms with Gasteiger partial charge in [-0.2, -0.15) is 17.7 Å². The number of aryl methyl sites for hydroxylation is 1. The maximum absolute atomic E-state index is 13.0. The zero-order valence-electron chi connectivity index (χ0n) is 14.5. The van der Waals surface area contributed by atoms with Gasteiger partial charge in [-0.3, -0.25) is 0 Å². The summed E-state index contributed by atoms with van der Waals surface area (Å²) in [6.07, 6.45) is -3.12. The van der Waals surface area contributed by atoms with Crippen molar-refractivity contribution in [3.63, 3.8) is 0 Å². The summed E-state index contributed by atoms with van der Waals surface area (Å²) in [4.78, 5) is 11.8. The second kappa shape index (κ2) is 6.63. The highest BCUT2D eigenvalue weighted by molar-refractivity contribution is 5.81. The Morgan fingerprint density at radius 1 is 1.14 bits per heavy atom. The van der Waals surface area contributed by atoms with Crippen LogP contribution in [0.4, 0.5) is 13.2 Å². The van der Waals surface area contributed by atoms with E-state index in [0.29, 0.717) is 16.5 Å². The lowest BCUT2D eigenvalue weighted by Crippen LogP contribution is -2.12. The molecule has 1 aromatic carbocycles. The van der Waals surface area contributed by atoms with Crippen LogP contribution in [-0.2, 0) is 12.6 Å². The Hall–Kier alpha value is -3.43. The number of benzene rings is 1. The van der Waals surface area contributed by atoms with Crippen LogP contribution in [0.3, 0.4) is 0 Å². The molecular formula is C18H13F3N4O3. The van der Waals surface area contributed by atoms with Crippen LogP contribution in [0.2, 0.25) is 0 Å². The largest absolute Gasteiger partial charge is 0.453 e. The minimum absolute atomic E-state index is 0.0617. The number of ether oxygens (including phenoxy) is 1. The minimum atomic E-state index is -4.70. The fraction of sp³-hybridized carbons (Fsp3) is 0.222. The maximum atomic E-state index is 13.0. The van der Waals surface area contributed by atoms with Gasteiger partial charge in [0.2, 0.25) is 5.88 Å². The SMILES string of the molecule is CCCc1cc(=O)oc2cc(Oc3ccc4nnc(C(F)(F)F)n4n3)ccc12. The lowest BCUT2D eigenvalue weighted by Gasteiger charge is -2.08. The monoisotopic (exact) mass is 390 g/mol. The van der Waals surface area contributed by atoms with Gasteiger partial charge in [0.15, 0.2) is 5.65 Å². The molecule has 7 nitrogen and oxygen atoms in total. The highest BCUT2D eigenvalue weighted by Gasteiger charge is 2.37. The Kier molecular flexibility index (Phi) is 4.25. The molecule has 0 radical (unpaired) electrons. The molecule has 10 heteroatoms. The quantitative estimate of drug-likeness (QED) is 0.490. The van der Waals surface area contributed by atoms with Crippen molar-refractivity contribution in [1.82, 2.24) is 19.8 Å². The lowest BCUT2D eigenvalue weighted by molar-refractivity contribution is -0.146. The zero-order chi connectivity index (χ0) is 19.9. The summed E-state index contributed by atoms with van der Waals surface area (Å²) < 4.78 is 50.3. The Labute approximate surface area is 155 Å². The fourth-order valence-electron chi connectivity index (χ4n) is 2.87. The van der Waals surface area contributed by atoms with E-state index in [-0.39, 0.29) is 17.3 Å². The molecular weight excluding hydrogens is 377 g/mol. The van der Waals surface area contributed by atoms with Gasteiger partial charge >= 0.3 is 11.8 Å². The number of nitrogens with zero attached hydrogens (tertiary/aromatic N) is 4. The summed E-state index contributed by atoms with van der Waals surface area (Å²) in [5.41, 5.74) is 0.648. The van der Waals surface area contributed by atoms with E-state index in [4.69, 9.17) is 9.15 Å². The van der Waals surface area contributed by atoms with Gasteiger partial charge in [0, 0.05) is 23.6 Å². The normalized spacial score (nSPS) is 12.0. The van der Waals surface area contributed by atoms with E-state index in [1.165, 1.54) is 24.3 Å². The van der Waals surface area contributed by atoms with E-state index < -0.39 is 17.6 Å². The first-order valence-electron chi connectivity index (χ1n) is 8.39. The number of alkyl halides is 3. The van der Waals surface area contributed by atoms with Crippen molar-refractivity contribution in [3.05, 3.63) is 58.2 Å². The van der Waals surface area contributed by atoms with Crippen LogP contribution >= 0.6 is 0 Å². The first kappa shape index (κ1) is 18.0. The second-order valence-electron chi connectivity index (χ2n) is 6.06. The molecule has 3 aromatic heterocycles. The van der Waals surface area contributed by atoms with Gasteiger partial charge in [-0.1, -0.05) is 13.3 Å². The Balaban J connectivity index is 1.72. The highest BCUT2D eigenvalue weighted by Crippen LogP contribution is 2.29. The van der Waals surface area contributed by atoms with Crippen molar-refractivity contribution in [1.29, 1.82) is 0 Å². The van der Waals surface area contributed by atoms with Gasteiger partial charge in [0.25, 0.3) is 5.82 Å². The number of rotatable bonds is 4. The van der Waals surface area contributed by atoms with E-state index >= 15 is 0 Å². The summed E-state index contributed by atoms with van der Waals surface area (Å²) in [7, 11) is 0. The Morgan fingerprint density at radius 2 is 1.96 bits per heavy atom. The van der Waals surface area contributed by atoms with Crippen molar-refractivity contribution in [2.24, 2.45) is 0 Å². The van der Waals surface area contributed by atoms with Crippen LogP contribution in [-0.4, -0.2) is 19.8 Å². The van der Waals surface area contributed by atoms with Crippen molar-refractivity contribution >= 4 is 16.6 Å². The minimum Gasteiger partial charge on any atom is -0.437 e. The van der Waals surface area contributed by atoms with Crippen molar-refractivity contribution < 1.29 is 22.3 Å². The summed E-state index contributed by atoms with van der Waals surface area (Å²) in [5.74, 6) is -1.08. The zero-order valence-corrected chi connectivity index (χ0v) is 14.5. The van der Waals surface area contributed by atoms with Gasteiger partial charge in [-0.25, -0.2) is 4.79 Å². The molecule has 0 atom stereocenters. The van der Waals surface area contributed by atoms with E-state index in [1.54, 1.807) is 12.1 Å². The molecule has 144 valence electrons. The molecule has 28 heavy (non-hydrogen) atoms. The number of hydrogen-bond acceptors (Lipinski definition) is 6. The topological polar surface area (TPSA) is 82.5 Å². The maximum Gasteiger partial charge on any atom is 0.453 e. The first-order chi connectivity index (χ1) is 13.3. The predicted octanol–water partition coefficient (Wildman–Crippen LogP) is 3.99. The molecule has 3 heterocycles. The average Bonchev–Trinajstić information content (AvgIpc) is 3.05. The van der Waals surface area contributed by atoms with Crippen LogP contribution < -0.4 is 10.4 Å². The van der Waals surface area contributed by atoms with Crippen LogP contribution in [0, 0.1) is 0 Å². The smallest absolute Gasteiger partial charge is 0.437 e. The number of aromatic nitrogens is 4. The number of halogens is 3. The molecule has 0 aliphatic carbocycles. The molecule has 4 rings (SSSR count). The Bertz CT molecular complexity index is 1230. The van der Waals surface area contributed by atoms with Gasteiger partial charge in [0.05, 0.1) is 0 Å². The third kappa shape index (κ3) is 3.28. The summed E-state index contributed by atoms with van der Waals surface area (Å²) in [6, 6.07) is 9.00. The van der Waals surface area contributed by atoms with Crippen LogP contribution in [0.15, 0.2) is 45.6 Å². The molecule has 0 bridgehead atoms. The Morgan fingerprint density at radius 3 is 2.71 bits per heavy atom. The summed E-state index contributed by atoms with van der Waals surface area (Å²) >= 11 is 0. The molecule has 4 aromatic rings. The molecule has 0 aliphatic heterocycles. The summed E-state index contributed by atoms with van der Waals surface area (Å²) in [5, 5.41) is 11.1. The van der Waals surface area contributed by atoms with Gasteiger partial charge < -0.3 is 9.15 Å². The van der Waals surface area contributed by atoms with Crippen molar-refractivity contribution in [3.8, 4) is 11.6 Å². The van der Waals surface area contributed by atoms with Crippen LogP contribution in [0.1, 0.15) is 24.7 Å². The van der Waals surface area contributed by atoms with E-state index in [9.17, 15) is 18.0 Å². The lowest BCUT2D eigenvalue weighted by atomic mass is 10.1. The third-order valence-electron chi connectivity index (χ3n) is 4.04. The third-order valence-corrected chi connectivity index (χ3v) is 4.04. The van der Waals surface area contributed by atoms with Crippen LogP contribution in [0.5, 0.6) is 11.6 Å². The number of hydrogen-bond donors (Lipinski definition) is 0. The van der Waals surface area contributed by atoms with Crippen molar-refractivity contribution in [2.45, 2.75) is 25.9 Å². The second-order valence-corrected chi connectivity index (χ2v) is 6.06. The molecule has 0 aliphatic rings. The van der Waals surface area contributed by atoms with Gasteiger partial charge in [-0.15, -0.1) is 15.3 Å². The predicted molar refractivity (Wildman–Crippen MR) is 92.3 cm³/mol. The average molecular weight is 390 g/mol. The molecule has 0 saturated heterocycles. The van der Waals surface area contributed by atoms with E-state index in [2.05, 4.69) is 15.3 Å². The number of fused-ring (bicyclic) bond motifs is 2. The first-order valence-corrected chi connectivity index (χ1v) is 8.39.